The predicted molar refractivity (Wildman–Crippen MR) is 69.8 cm³/mol. The van der Waals surface area contributed by atoms with Crippen LogP contribution in [0.3, 0.4) is 0 Å². The second-order valence-corrected chi connectivity index (χ2v) is 4.48. The summed E-state index contributed by atoms with van der Waals surface area (Å²) in [6.07, 6.45) is 1.04. The minimum Gasteiger partial charge on any atom is -0.344 e. The van der Waals surface area contributed by atoms with Crippen LogP contribution in [0.5, 0.6) is 0 Å². The molecule has 0 unspecified atom stereocenters. The summed E-state index contributed by atoms with van der Waals surface area (Å²) in [6.45, 7) is 8.36. The minimum atomic E-state index is 0.754. The molecule has 0 amide bonds. The average molecular weight is 216 g/mol. The lowest BCUT2D eigenvalue weighted by atomic mass is 10.1. The van der Waals surface area contributed by atoms with Crippen LogP contribution < -0.4 is 5.73 Å². The van der Waals surface area contributed by atoms with Crippen LogP contribution in [-0.4, -0.2) is 11.1 Å². The molecule has 1 aromatic heterocycles. The van der Waals surface area contributed by atoms with Gasteiger partial charge in [-0.15, -0.1) is 0 Å². The van der Waals surface area contributed by atoms with Crippen LogP contribution in [0.2, 0.25) is 0 Å². The molecule has 86 valence electrons. The summed E-state index contributed by atoms with van der Waals surface area (Å²) in [4.78, 5) is 0. The molecule has 0 saturated carbocycles. The van der Waals surface area contributed by atoms with Crippen molar-refractivity contribution in [3.8, 4) is 0 Å². The zero-order valence-electron chi connectivity index (χ0n) is 10.4. The molecule has 0 aliphatic rings. The Hall–Kier alpha value is -1.28. The summed E-state index contributed by atoms with van der Waals surface area (Å²) in [5.74, 6) is 0. The Bertz CT molecular complexity index is 509. The van der Waals surface area contributed by atoms with Gasteiger partial charge >= 0.3 is 0 Å². The molecule has 1 aromatic carbocycles. The highest BCUT2D eigenvalue weighted by Crippen LogP contribution is 2.27. The molecule has 2 rings (SSSR count). The van der Waals surface area contributed by atoms with Crippen LogP contribution in [0.4, 0.5) is 0 Å². The molecule has 0 aliphatic heterocycles. The second-order valence-electron chi connectivity index (χ2n) is 4.48. The fourth-order valence-corrected chi connectivity index (χ4v) is 2.41. The number of aryl methyl sites for hydroxylation is 3. The van der Waals surface area contributed by atoms with Crippen molar-refractivity contribution in [2.45, 2.75) is 33.7 Å². The summed E-state index contributed by atoms with van der Waals surface area (Å²) in [5.41, 5.74) is 11.1. The molecule has 2 heteroatoms. The maximum Gasteiger partial charge on any atom is 0.0514 e. The Balaban J connectivity index is 2.66. The fraction of sp³-hybridized carbons (Fsp3) is 0.429. The van der Waals surface area contributed by atoms with Gasteiger partial charge in [-0.3, -0.25) is 0 Å². The maximum atomic E-state index is 5.60. The summed E-state index contributed by atoms with van der Waals surface area (Å²) < 4.78 is 2.41. The van der Waals surface area contributed by atoms with Gasteiger partial charge in [0.1, 0.15) is 0 Å². The SMILES string of the molecule is Cc1c(C)n(CCCN)c2c(C)cccc12. The van der Waals surface area contributed by atoms with Gasteiger partial charge in [-0.25, -0.2) is 0 Å². The van der Waals surface area contributed by atoms with E-state index < -0.39 is 0 Å². The van der Waals surface area contributed by atoms with Crippen molar-refractivity contribution in [1.29, 1.82) is 0 Å². The molecule has 0 fully saturated rings. The number of aromatic nitrogens is 1. The molecule has 2 N–H and O–H groups in total. The molecule has 0 bridgehead atoms. The first-order chi connectivity index (χ1) is 7.66. The van der Waals surface area contributed by atoms with E-state index in [4.69, 9.17) is 5.73 Å². The molecule has 0 radical (unpaired) electrons. The van der Waals surface area contributed by atoms with Gasteiger partial charge in [-0.05, 0) is 44.9 Å². The monoisotopic (exact) mass is 216 g/mol. The summed E-state index contributed by atoms with van der Waals surface area (Å²) in [5, 5.41) is 1.38. The highest BCUT2D eigenvalue weighted by atomic mass is 15.0. The molecule has 0 atom stereocenters. The maximum absolute atomic E-state index is 5.60. The number of para-hydroxylation sites is 1. The number of fused-ring (bicyclic) bond motifs is 1. The number of nitrogens with two attached hydrogens (primary N) is 1. The smallest absolute Gasteiger partial charge is 0.0514 e. The van der Waals surface area contributed by atoms with Gasteiger partial charge in [0.2, 0.25) is 0 Å². The molecular weight excluding hydrogens is 196 g/mol. The number of rotatable bonds is 3. The van der Waals surface area contributed by atoms with E-state index in [-0.39, 0.29) is 0 Å². The highest BCUT2D eigenvalue weighted by Gasteiger charge is 2.11. The van der Waals surface area contributed by atoms with Crippen LogP contribution in [0.25, 0.3) is 10.9 Å². The van der Waals surface area contributed by atoms with Crippen molar-refractivity contribution >= 4 is 10.9 Å². The number of hydrogen-bond acceptors (Lipinski definition) is 1. The van der Waals surface area contributed by atoms with Gasteiger partial charge in [-0.1, -0.05) is 18.2 Å². The topological polar surface area (TPSA) is 30.9 Å². The summed E-state index contributed by atoms with van der Waals surface area (Å²) in [7, 11) is 0. The van der Waals surface area contributed by atoms with Crippen LogP contribution in [-0.2, 0) is 6.54 Å². The Morgan fingerprint density at radius 2 is 1.94 bits per heavy atom. The number of hydrogen-bond donors (Lipinski definition) is 1. The van der Waals surface area contributed by atoms with Crippen molar-refractivity contribution < 1.29 is 0 Å². The van der Waals surface area contributed by atoms with E-state index in [0.717, 1.165) is 19.5 Å². The molecule has 2 aromatic rings. The first-order valence-electron chi connectivity index (χ1n) is 5.92. The lowest BCUT2D eigenvalue weighted by molar-refractivity contribution is 0.654. The molecule has 16 heavy (non-hydrogen) atoms. The van der Waals surface area contributed by atoms with Crippen molar-refractivity contribution in [2.24, 2.45) is 5.73 Å². The Kier molecular flexibility index (Phi) is 3.01. The van der Waals surface area contributed by atoms with Crippen LogP contribution in [0.1, 0.15) is 23.2 Å². The normalized spacial score (nSPS) is 11.2. The quantitative estimate of drug-likeness (QED) is 0.840. The fourth-order valence-electron chi connectivity index (χ4n) is 2.41. The molecule has 1 heterocycles. The zero-order chi connectivity index (χ0) is 11.7. The van der Waals surface area contributed by atoms with E-state index >= 15 is 0 Å². The largest absolute Gasteiger partial charge is 0.344 e. The second kappa shape index (κ2) is 4.30. The van der Waals surface area contributed by atoms with Crippen LogP contribution in [0.15, 0.2) is 18.2 Å². The summed E-state index contributed by atoms with van der Waals surface area (Å²) >= 11 is 0. The Morgan fingerprint density at radius 1 is 1.19 bits per heavy atom. The predicted octanol–water partition coefficient (Wildman–Crippen LogP) is 2.92. The number of benzene rings is 1. The van der Waals surface area contributed by atoms with E-state index in [1.807, 2.05) is 0 Å². The molecule has 0 aliphatic carbocycles. The van der Waals surface area contributed by atoms with Crippen molar-refractivity contribution in [3.63, 3.8) is 0 Å². The molecule has 2 nitrogen and oxygen atoms in total. The average Bonchev–Trinajstić information content (AvgIpc) is 2.52. The van der Waals surface area contributed by atoms with Gasteiger partial charge in [0.05, 0.1) is 5.52 Å². The van der Waals surface area contributed by atoms with E-state index in [1.165, 1.54) is 27.7 Å². The lowest BCUT2D eigenvalue weighted by Gasteiger charge is -2.09. The van der Waals surface area contributed by atoms with E-state index in [9.17, 15) is 0 Å². The van der Waals surface area contributed by atoms with Gasteiger partial charge in [0.25, 0.3) is 0 Å². The third-order valence-corrected chi connectivity index (χ3v) is 3.45. The first kappa shape index (κ1) is 11.2. The Labute approximate surface area is 97.1 Å². The van der Waals surface area contributed by atoms with Gasteiger partial charge < -0.3 is 10.3 Å². The molecular formula is C14H20N2. The van der Waals surface area contributed by atoms with Crippen LogP contribution >= 0.6 is 0 Å². The Morgan fingerprint density at radius 3 is 2.62 bits per heavy atom. The zero-order valence-corrected chi connectivity index (χ0v) is 10.4. The molecule has 0 spiro atoms. The minimum absolute atomic E-state index is 0.754. The highest BCUT2D eigenvalue weighted by molar-refractivity contribution is 5.87. The van der Waals surface area contributed by atoms with E-state index in [0.29, 0.717) is 0 Å². The first-order valence-corrected chi connectivity index (χ1v) is 5.92. The van der Waals surface area contributed by atoms with Gasteiger partial charge in [0.15, 0.2) is 0 Å². The molecule has 0 saturated heterocycles. The van der Waals surface area contributed by atoms with Crippen molar-refractivity contribution in [1.82, 2.24) is 4.57 Å². The third-order valence-electron chi connectivity index (χ3n) is 3.45. The number of nitrogens with zero attached hydrogens (tertiary/aromatic N) is 1. The van der Waals surface area contributed by atoms with E-state index in [2.05, 4.69) is 43.5 Å². The van der Waals surface area contributed by atoms with Crippen molar-refractivity contribution in [2.75, 3.05) is 6.54 Å². The standard InChI is InChI=1S/C14H20N2/c1-10-6-4-7-13-11(2)12(3)16(14(10)13)9-5-8-15/h4,6-7H,5,8-9,15H2,1-3H3. The van der Waals surface area contributed by atoms with Crippen LogP contribution in [0, 0.1) is 20.8 Å². The van der Waals surface area contributed by atoms with Gasteiger partial charge in [0, 0.05) is 17.6 Å². The van der Waals surface area contributed by atoms with Crippen molar-refractivity contribution in [3.05, 3.63) is 35.0 Å². The van der Waals surface area contributed by atoms with E-state index in [1.54, 1.807) is 0 Å². The third kappa shape index (κ3) is 1.63. The summed E-state index contributed by atoms with van der Waals surface area (Å²) in [6, 6.07) is 6.53. The lowest BCUT2D eigenvalue weighted by Crippen LogP contribution is -2.07. The van der Waals surface area contributed by atoms with Gasteiger partial charge in [-0.2, -0.15) is 0 Å².